The fraction of sp³-hybridized carbons (Fsp3) is 0.353. The number of fused-ring (bicyclic) bond motifs is 1. The number of methoxy groups -OCH3 is 1. The van der Waals surface area contributed by atoms with Gasteiger partial charge >= 0.3 is 0 Å². The Morgan fingerprint density at radius 1 is 1.30 bits per heavy atom. The summed E-state index contributed by atoms with van der Waals surface area (Å²) in [6.07, 6.45) is 3.34. The summed E-state index contributed by atoms with van der Waals surface area (Å²) < 4.78 is 6.94. The molecule has 0 aliphatic carbocycles. The van der Waals surface area contributed by atoms with Crippen LogP contribution in [0, 0.1) is 13.8 Å². The van der Waals surface area contributed by atoms with Crippen molar-refractivity contribution in [3.8, 4) is 5.75 Å². The average Bonchev–Trinajstić information content (AvgIpc) is 2.87. The molecule has 6 heteroatoms. The van der Waals surface area contributed by atoms with Crippen LogP contribution in [0.5, 0.6) is 5.75 Å². The molecule has 0 atom stereocenters. The van der Waals surface area contributed by atoms with E-state index in [1.165, 1.54) is 4.88 Å². The lowest BCUT2D eigenvalue weighted by Crippen LogP contribution is -2.21. The first-order valence-corrected chi connectivity index (χ1v) is 8.37. The first-order chi connectivity index (χ1) is 11.1. The van der Waals surface area contributed by atoms with E-state index in [1.54, 1.807) is 35.4 Å². The Morgan fingerprint density at radius 2 is 2.13 bits per heavy atom. The molecule has 0 radical (unpaired) electrons. The molecule has 0 saturated heterocycles. The molecule has 0 saturated carbocycles. The van der Waals surface area contributed by atoms with Crippen molar-refractivity contribution in [3.63, 3.8) is 0 Å². The van der Waals surface area contributed by atoms with Crippen LogP contribution in [0.3, 0.4) is 0 Å². The lowest BCUT2D eigenvalue weighted by atomic mass is 10.2. The molecule has 0 N–H and O–H groups in total. The molecular weight excluding hydrogens is 310 g/mol. The molecular formula is C17H19N3O2S. The van der Waals surface area contributed by atoms with Crippen LogP contribution in [0.15, 0.2) is 29.3 Å². The second-order valence-electron chi connectivity index (χ2n) is 5.45. The number of aromatic nitrogens is 3. The van der Waals surface area contributed by atoms with Gasteiger partial charge in [-0.15, -0.1) is 11.3 Å². The topological polar surface area (TPSA) is 57.0 Å². The number of thiazole rings is 1. The van der Waals surface area contributed by atoms with Crippen LogP contribution in [-0.4, -0.2) is 21.6 Å². The Labute approximate surface area is 138 Å². The third kappa shape index (κ3) is 3.12. The van der Waals surface area contributed by atoms with E-state index in [-0.39, 0.29) is 5.56 Å². The summed E-state index contributed by atoms with van der Waals surface area (Å²) in [5.74, 6) is 0.570. The first kappa shape index (κ1) is 15.7. The molecule has 2 heterocycles. The lowest BCUT2D eigenvalue weighted by Gasteiger charge is -2.08. The zero-order valence-electron chi connectivity index (χ0n) is 13.5. The zero-order valence-corrected chi connectivity index (χ0v) is 14.3. The van der Waals surface area contributed by atoms with Crippen molar-refractivity contribution >= 4 is 22.2 Å². The van der Waals surface area contributed by atoms with Crippen molar-refractivity contribution in [3.05, 3.63) is 50.5 Å². The molecule has 2 aromatic heterocycles. The summed E-state index contributed by atoms with van der Waals surface area (Å²) >= 11 is 1.73. The molecule has 0 aliphatic heterocycles. The lowest BCUT2D eigenvalue weighted by molar-refractivity contribution is 0.419. The smallest absolute Gasteiger partial charge is 0.264 e. The first-order valence-electron chi connectivity index (χ1n) is 7.55. The maximum absolute atomic E-state index is 12.6. The van der Waals surface area contributed by atoms with Crippen LogP contribution in [-0.2, 0) is 13.0 Å². The molecule has 0 bridgehead atoms. The largest absolute Gasteiger partial charge is 0.496 e. The van der Waals surface area contributed by atoms with Crippen molar-refractivity contribution in [1.82, 2.24) is 14.5 Å². The highest BCUT2D eigenvalue weighted by Gasteiger charge is 2.10. The van der Waals surface area contributed by atoms with Gasteiger partial charge < -0.3 is 4.74 Å². The van der Waals surface area contributed by atoms with Gasteiger partial charge in [0.05, 0.1) is 29.7 Å². The summed E-state index contributed by atoms with van der Waals surface area (Å²) in [5, 5.41) is 1.66. The molecule has 3 rings (SSSR count). The van der Waals surface area contributed by atoms with Gasteiger partial charge in [-0.25, -0.2) is 9.97 Å². The monoisotopic (exact) mass is 329 g/mol. The molecule has 120 valence electrons. The minimum atomic E-state index is -0.0565. The van der Waals surface area contributed by atoms with Gasteiger partial charge in [-0.3, -0.25) is 9.36 Å². The molecule has 1 aromatic carbocycles. The quantitative estimate of drug-likeness (QED) is 0.722. The SMILES string of the molecule is COc1cccc2ncn(CCCc3nc(C)c(C)s3)c(=O)c12. The summed E-state index contributed by atoms with van der Waals surface area (Å²) in [6.45, 7) is 4.73. The minimum Gasteiger partial charge on any atom is -0.496 e. The minimum absolute atomic E-state index is 0.0565. The van der Waals surface area contributed by atoms with Gasteiger partial charge in [0.15, 0.2) is 0 Å². The predicted octanol–water partition coefficient (Wildman–Crippen LogP) is 3.11. The van der Waals surface area contributed by atoms with Crippen LogP contribution in [0.4, 0.5) is 0 Å². The molecule has 23 heavy (non-hydrogen) atoms. The molecule has 0 aliphatic rings. The van der Waals surface area contributed by atoms with Crippen LogP contribution >= 0.6 is 11.3 Å². The molecule has 0 unspecified atom stereocenters. The summed E-state index contributed by atoms with van der Waals surface area (Å²) in [4.78, 5) is 22.8. The third-order valence-corrected chi connectivity index (χ3v) is 5.03. The Kier molecular flexibility index (Phi) is 4.43. The molecule has 0 spiro atoms. The Morgan fingerprint density at radius 3 is 2.83 bits per heavy atom. The van der Waals surface area contributed by atoms with Gasteiger partial charge in [-0.2, -0.15) is 0 Å². The summed E-state index contributed by atoms with van der Waals surface area (Å²) in [6, 6.07) is 5.45. The van der Waals surface area contributed by atoms with Gasteiger partial charge in [0.1, 0.15) is 11.1 Å². The maximum Gasteiger partial charge on any atom is 0.264 e. The van der Waals surface area contributed by atoms with Gasteiger partial charge in [0, 0.05) is 17.8 Å². The fourth-order valence-electron chi connectivity index (χ4n) is 2.55. The molecule has 0 amide bonds. The van der Waals surface area contributed by atoms with E-state index in [9.17, 15) is 4.79 Å². The van der Waals surface area contributed by atoms with Crippen molar-refractivity contribution < 1.29 is 4.74 Å². The zero-order chi connectivity index (χ0) is 16.4. The molecule has 0 fully saturated rings. The Balaban J connectivity index is 1.80. The van der Waals surface area contributed by atoms with E-state index in [0.29, 0.717) is 23.2 Å². The fourth-order valence-corrected chi connectivity index (χ4v) is 3.52. The van der Waals surface area contributed by atoms with Gasteiger partial charge in [0.2, 0.25) is 0 Å². The van der Waals surface area contributed by atoms with Crippen LogP contribution in [0.25, 0.3) is 10.9 Å². The van der Waals surface area contributed by atoms with E-state index < -0.39 is 0 Å². The van der Waals surface area contributed by atoms with Crippen LogP contribution in [0.2, 0.25) is 0 Å². The average molecular weight is 329 g/mol. The molecule has 3 aromatic rings. The summed E-state index contributed by atoms with van der Waals surface area (Å²) in [7, 11) is 1.57. The van der Waals surface area contributed by atoms with Crippen molar-refractivity contribution in [2.45, 2.75) is 33.2 Å². The number of ether oxygens (including phenoxy) is 1. The third-order valence-electron chi connectivity index (χ3n) is 3.90. The van der Waals surface area contributed by atoms with Crippen LogP contribution < -0.4 is 10.3 Å². The van der Waals surface area contributed by atoms with E-state index >= 15 is 0 Å². The number of rotatable bonds is 5. The maximum atomic E-state index is 12.6. The number of aryl methyl sites for hydroxylation is 4. The number of hydrogen-bond acceptors (Lipinski definition) is 5. The van der Waals surface area contributed by atoms with E-state index in [1.807, 2.05) is 19.1 Å². The van der Waals surface area contributed by atoms with E-state index in [0.717, 1.165) is 23.5 Å². The van der Waals surface area contributed by atoms with Gasteiger partial charge in [-0.05, 0) is 32.4 Å². The number of hydrogen-bond donors (Lipinski definition) is 0. The highest BCUT2D eigenvalue weighted by molar-refractivity contribution is 7.11. The standard InChI is InChI=1S/C17H19N3O2S/c1-11-12(2)23-15(19-11)8-5-9-20-10-18-13-6-4-7-14(22-3)16(13)17(20)21/h4,6-7,10H,5,8-9H2,1-3H3. The number of nitrogens with zero attached hydrogens (tertiary/aromatic N) is 3. The van der Waals surface area contributed by atoms with E-state index in [2.05, 4.69) is 16.9 Å². The second-order valence-corrected chi connectivity index (χ2v) is 6.74. The van der Waals surface area contributed by atoms with Crippen molar-refractivity contribution in [2.24, 2.45) is 0 Å². The highest BCUT2D eigenvalue weighted by Crippen LogP contribution is 2.20. The van der Waals surface area contributed by atoms with Gasteiger partial charge in [0.25, 0.3) is 5.56 Å². The number of benzene rings is 1. The van der Waals surface area contributed by atoms with Gasteiger partial charge in [-0.1, -0.05) is 6.07 Å². The predicted molar refractivity (Wildman–Crippen MR) is 92.5 cm³/mol. The Hall–Kier alpha value is -2.21. The second kappa shape index (κ2) is 6.50. The highest BCUT2D eigenvalue weighted by atomic mass is 32.1. The van der Waals surface area contributed by atoms with E-state index in [4.69, 9.17) is 4.74 Å². The van der Waals surface area contributed by atoms with Crippen molar-refractivity contribution in [1.29, 1.82) is 0 Å². The summed E-state index contributed by atoms with van der Waals surface area (Å²) in [5.41, 5.74) is 1.70. The normalized spacial score (nSPS) is 11.1. The van der Waals surface area contributed by atoms with Crippen molar-refractivity contribution in [2.75, 3.05) is 7.11 Å². The van der Waals surface area contributed by atoms with Crippen LogP contribution in [0.1, 0.15) is 22.0 Å². The Bertz CT molecular complexity index is 879. The molecule has 5 nitrogen and oxygen atoms in total.